The average molecular weight is 188 g/mol. The summed E-state index contributed by atoms with van der Waals surface area (Å²) in [5, 5.41) is 9.36. The molecule has 1 heterocycles. The lowest BCUT2D eigenvalue weighted by atomic mass is 10.1. The summed E-state index contributed by atoms with van der Waals surface area (Å²) in [4.78, 5) is 0. The van der Waals surface area contributed by atoms with Crippen molar-refractivity contribution >= 4 is 0 Å². The molecule has 0 amide bonds. The van der Waals surface area contributed by atoms with Crippen molar-refractivity contribution in [2.45, 2.75) is 44.3 Å². The second-order valence-electron chi connectivity index (χ2n) is 3.68. The molecule has 3 heteroatoms. The maximum absolute atomic E-state index is 9.36. The van der Waals surface area contributed by atoms with Crippen LogP contribution in [0.3, 0.4) is 0 Å². The zero-order valence-electron chi connectivity index (χ0n) is 8.37. The Morgan fingerprint density at radius 3 is 3.08 bits per heavy atom. The molecule has 0 aliphatic carbocycles. The van der Waals surface area contributed by atoms with E-state index in [1.165, 1.54) is 12.8 Å². The van der Waals surface area contributed by atoms with E-state index in [-0.39, 0.29) is 6.10 Å². The Morgan fingerprint density at radius 2 is 2.46 bits per heavy atom. The summed E-state index contributed by atoms with van der Waals surface area (Å²) in [7, 11) is 1.61. The van der Waals surface area contributed by atoms with Crippen LogP contribution in [-0.2, 0) is 9.47 Å². The molecule has 0 saturated carbocycles. The lowest BCUT2D eigenvalue weighted by molar-refractivity contribution is 0.0514. The number of ether oxygens (including phenoxy) is 2. The van der Waals surface area contributed by atoms with E-state index in [9.17, 15) is 5.11 Å². The Labute approximate surface area is 80.0 Å². The molecular formula is C10H20O3. The minimum absolute atomic E-state index is 0.300. The van der Waals surface area contributed by atoms with Crippen LogP contribution in [0.4, 0.5) is 0 Å². The van der Waals surface area contributed by atoms with Crippen LogP contribution < -0.4 is 0 Å². The number of hydrogen-bond donors (Lipinski definition) is 1. The Balaban J connectivity index is 1.93. The van der Waals surface area contributed by atoms with Gasteiger partial charge in [-0.2, -0.15) is 0 Å². The van der Waals surface area contributed by atoms with Crippen LogP contribution in [0.15, 0.2) is 0 Å². The van der Waals surface area contributed by atoms with Crippen LogP contribution in [0, 0.1) is 0 Å². The Bertz CT molecular complexity index is 121. The van der Waals surface area contributed by atoms with Gasteiger partial charge in [-0.1, -0.05) is 0 Å². The second-order valence-corrected chi connectivity index (χ2v) is 3.68. The lowest BCUT2D eigenvalue weighted by Gasteiger charge is -2.11. The number of aliphatic hydroxyl groups excluding tert-OH is 1. The topological polar surface area (TPSA) is 38.7 Å². The molecule has 0 bridgehead atoms. The van der Waals surface area contributed by atoms with E-state index in [1.807, 2.05) is 0 Å². The normalized spacial score (nSPS) is 24.9. The van der Waals surface area contributed by atoms with Crippen LogP contribution in [-0.4, -0.2) is 37.6 Å². The molecule has 0 spiro atoms. The summed E-state index contributed by atoms with van der Waals surface area (Å²) in [6.45, 7) is 1.37. The van der Waals surface area contributed by atoms with Gasteiger partial charge in [-0.15, -0.1) is 0 Å². The van der Waals surface area contributed by atoms with Gasteiger partial charge in [0.1, 0.15) is 0 Å². The monoisotopic (exact) mass is 188 g/mol. The number of rotatable bonds is 6. The first-order valence-corrected chi connectivity index (χ1v) is 5.11. The summed E-state index contributed by atoms with van der Waals surface area (Å²) in [5.74, 6) is 0. The van der Waals surface area contributed by atoms with Crippen molar-refractivity contribution in [3.63, 3.8) is 0 Å². The molecular weight excluding hydrogens is 168 g/mol. The summed E-state index contributed by atoms with van der Waals surface area (Å²) in [5.41, 5.74) is 0. The summed E-state index contributed by atoms with van der Waals surface area (Å²) >= 11 is 0. The Morgan fingerprint density at radius 1 is 1.62 bits per heavy atom. The van der Waals surface area contributed by atoms with Gasteiger partial charge in [-0.25, -0.2) is 0 Å². The van der Waals surface area contributed by atoms with E-state index in [0.29, 0.717) is 12.7 Å². The molecule has 0 aromatic rings. The van der Waals surface area contributed by atoms with Gasteiger partial charge >= 0.3 is 0 Å². The van der Waals surface area contributed by atoms with Gasteiger partial charge in [0.15, 0.2) is 0 Å². The minimum atomic E-state index is -0.300. The summed E-state index contributed by atoms with van der Waals surface area (Å²) < 4.78 is 10.3. The third kappa shape index (κ3) is 4.60. The molecule has 2 atom stereocenters. The molecule has 1 N–H and O–H groups in total. The van der Waals surface area contributed by atoms with E-state index < -0.39 is 0 Å². The van der Waals surface area contributed by atoms with Crippen molar-refractivity contribution in [3.05, 3.63) is 0 Å². The molecule has 1 fully saturated rings. The van der Waals surface area contributed by atoms with E-state index in [0.717, 1.165) is 25.9 Å². The molecule has 0 aromatic carbocycles. The van der Waals surface area contributed by atoms with Gasteiger partial charge in [0, 0.05) is 13.7 Å². The van der Waals surface area contributed by atoms with Gasteiger partial charge in [-0.05, 0) is 32.1 Å². The highest BCUT2D eigenvalue weighted by molar-refractivity contribution is 4.65. The van der Waals surface area contributed by atoms with Gasteiger partial charge in [-0.3, -0.25) is 0 Å². The fourth-order valence-corrected chi connectivity index (χ4v) is 1.73. The maximum atomic E-state index is 9.36. The average Bonchev–Trinajstić information content (AvgIpc) is 2.57. The first kappa shape index (κ1) is 11.0. The van der Waals surface area contributed by atoms with Gasteiger partial charge in [0.2, 0.25) is 0 Å². The second kappa shape index (κ2) is 6.35. The molecule has 0 aromatic heterocycles. The van der Waals surface area contributed by atoms with E-state index in [2.05, 4.69) is 0 Å². The molecule has 78 valence electrons. The van der Waals surface area contributed by atoms with Gasteiger partial charge in [0.25, 0.3) is 0 Å². The highest BCUT2D eigenvalue weighted by atomic mass is 16.5. The first-order valence-electron chi connectivity index (χ1n) is 5.11. The Hall–Kier alpha value is -0.120. The van der Waals surface area contributed by atoms with Crippen molar-refractivity contribution in [3.8, 4) is 0 Å². The molecule has 1 rings (SSSR count). The quantitative estimate of drug-likeness (QED) is 0.683. The molecule has 0 radical (unpaired) electrons. The standard InChI is InChI=1S/C10H20O3/c1-12-8-9(11)4-2-5-10-6-3-7-13-10/h9-11H,2-8H2,1H3. The van der Waals surface area contributed by atoms with Gasteiger partial charge in [0.05, 0.1) is 18.8 Å². The summed E-state index contributed by atoms with van der Waals surface area (Å²) in [6, 6.07) is 0. The predicted molar refractivity (Wildman–Crippen MR) is 50.7 cm³/mol. The summed E-state index contributed by atoms with van der Waals surface area (Å²) in [6.07, 6.45) is 5.50. The van der Waals surface area contributed by atoms with Crippen LogP contribution in [0.25, 0.3) is 0 Å². The van der Waals surface area contributed by atoms with Gasteiger partial charge < -0.3 is 14.6 Å². The molecule has 13 heavy (non-hydrogen) atoms. The number of hydrogen-bond acceptors (Lipinski definition) is 3. The van der Waals surface area contributed by atoms with Crippen molar-refractivity contribution in [2.24, 2.45) is 0 Å². The predicted octanol–water partition coefficient (Wildman–Crippen LogP) is 1.34. The smallest absolute Gasteiger partial charge is 0.0773 e. The molecule has 1 aliphatic rings. The number of methoxy groups -OCH3 is 1. The fourth-order valence-electron chi connectivity index (χ4n) is 1.73. The van der Waals surface area contributed by atoms with Crippen molar-refractivity contribution in [1.82, 2.24) is 0 Å². The molecule has 2 unspecified atom stereocenters. The van der Waals surface area contributed by atoms with Crippen molar-refractivity contribution in [2.75, 3.05) is 20.3 Å². The van der Waals surface area contributed by atoms with Crippen LogP contribution in [0.2, 0.25) is 0 Å². The maximum Gasteiger partial charge on any atom is 0.0773 e. The molecule has 1 aliphatic heterocycles. The van der Waals surface area contributed by atoms with Crippen LogP contribution in [0.1, 0.15) is 32.1 Å². The Kier molecular flexibility index (Phi) is 5.35. The minimum Gasteiger partial charge on any atom is -0.391 e. The molecule has 1 saturated heterocycles. The largest absolute Gasteiger partial charge is 0.391 e. The zero-order valence-corrected chi connectivity index (χ0v) is 8.37. The van der Waals surface area contributed by atoms with E-state index >= 15 is 0 Å². The van der Waals surface area contributed by atoms with Crippen LogP contribution in [0.5, 0.6) is 0 Å². The van der Waals surface area contributed by atoms with Crippen molar-refractivity contribution in [1.29, 1.82) is 0 Å². The highest BCUT2D eigenvalue weighted by Crippen LogP contribution is 2.18. The van der Waals surface area contributed by atoms with Crippen molar-refractivity contribution < 1.29 is 14.6 Å². The highest BCUT2D eigenvalue weighted by Gasteiger charge is 2.15. The number of aliphatic hydroxyl groups is 1. The fraction of sp³-hybridized carbons (Fsp3) is 1.00. The third-order valence-corrected chi connectivity index (χ3v) is 2.45. The van der Waals surface area contributed by atoms with E-state index in [4.69, 9.17) is 9.47 Å². The van der Waals surface area contributed by atoms with Crippen LogP contribution >= 0.6 is 0 Å². The third-order valence-electron chi connectivity index (χ3n) is 2.45. The first-order chi connectivity index (χ1) is 6.33. The zero-order chi connectivity index (χ0) is 9.52. The molecule has 3 nitrogen and oxygen atoms in total. The van der Waals surface area contributed by atoms with E-state index in [1.54, 1.807) is 7.11 Å². The lowest BCUT2D eigenvalue weighted by Crippen LogP contribution is -2.15. The SMILES string of the molecule is COCC(O)CCCC1CCCO1.